The normalized spacial score (nSPS) is 15.8. The monoisotopic (exact) mass is 852 g/mol. The highest BCUT2D eigenvalue weighted by atomic mass is 35.5. The molecule has 6 heterocycles. The second kappa shape index (κ2) is 18.1. The molecule has 61 heavy (non-hydrogen) atoms. The summed E-state index contributed by atoms with van der Waals surface area (Å²) in [7, 11) is 7.35. The Morgan fingerprint density at radius 3 is 1.69 bits per heavy atom. The van der Waals surface area contributed by atoms with Crippen LogP contribution in [0.4, 0.5) is 29.0 Å². The number of hydrogen-bond acceptors (Lipinski definition) is 14. The van der Waals surface area contributed by atoms with Crippen LogP contribution in [0.1, 0.15) is 52.9 Å². The smallest absolute Gasteiger partial charge is 0.229 e. The highest BCUT2D eigenvalue weighted by Gasteiger charge is 2.36. The van der Waals surface area contributed by atoms with E-state index in [1.807, 2.05) is 72.8 Å². The predicted octanol–water partition coefficient (Wildman–Crippen LogP) is 8.11. The van der Waals surface area contributed by atoms with Gasteiger partial charge < -0.3 is 48.9 Å². The summed E-state index contributed by atoms with van der Waals surface area (Å²) >= 11 is 5.80. The maximum atomic E-state index is 5.92. The Labute approximate surface area is 363 Å². The van der Waals surface area contributed by atoms with Gasteiger partial charge in [0.25, 0.3) is 0 Å². The average Bonchev–Trinajstić information content (AvgIpc) is 3.85. The van der Waals surface area contributed by atoms with Gasteiger partial charge in [0, 0.05) is 50.0 Å². The summed E-state index contributed by atoms with van der Waals surface area (Å²) in [4.78, 5) is 30.0. The fourth-order valence-electron chi connectivity index (χ4n) is 7.10. The third-order valence-electron chi connectivity index (χ3n) is 10.5. The number of benzene rings is 2. The van der Waals surface area contributed by atoms with Gasteiger partial charge in [-0.2, -0.15) is 9.97 Å². The molecule has 17 heteroatoms. The lowest BCUT2D eigenvalue weighted by atomic mass is 9.86. The van der Waals surface area contributed by atoms with Crippen molar-refractivity contribution >= 4 is 40.6 Å². The molecule has 6 aromatic rings. The Balaban J connectivity index is 0.000000169. The zero-order chi connectivity index (χ0) is 44.2. The molecule has 8 rings (SSSR count). The number of imidazole rings is 2. The van der Waals surface area contributed by atoms with Gasteiger partial charge in [-0.3, -0.25) is 0 Å². The van der Waals surface area contributed by atoms with Crippen LogP contribution in [0.2, 0.25) is 5.28 Å². The first kappa shape index (κ1) is 44.3. The summed E-state index contributed by atoms with van der Waals surface area (Å²) in [6, 6.07) is 11.9. The molecule has 2 aliphatic rings. The lowest BCUT2D eigenvalue weighted by molar-refractivity contribution is 0.182. The second-order valence-corrected chi connectivity index (χ2v) is 17.4. The maximum absolute atomic E-state index is 5.92. The van der Waals surface area contributed by atoms with Crippen LogP contribution in [0.3, 0.4) is 0 Å². The Morgan fingerprint density at radius 2 is 1.20 bits per heavy atom. The number of halogens is 1. The largest absolute Gasteiger partial charge is 0.494 e. The van der Waals surface area contributed by atoms with Crippen molar-refractivity contribution in [3.05, 3.63) is 90.5 Å². The van der Waals surface area contributed by atoms with Crippen LogP contribution in [0.15, 0.2) is 73.8 Å². The molecule has 2 atom stereocenters. The molecular formula is C44H57ClN12O4. The van der Waals surface area contributed by atoms with Crippen LogP contribution in [-0.2, 0) is 0 Å². The third kappa shape index (κ3) is 10.4. The van der Waals surface area contributed by atoms with Crippen molar-refractivity contribution in [3.8, 4) is 34.4 Å². The van der Waals surface area contributed by atoms with Crippen molar-refractivity contribution in [2.24, 2.45) is 10.8 Å². The lowest BCUT2D eigenvalue weighted by Gasteiger charge is -2.42. The van der Waals surface area contributed by atoms with Gasteiger partial charge in [0.15, 0.2) is 23.1 Å². The van der Waals surface area contributed by atoms with E-state index in [1.165, 1.54) is 0 Å². The number of ether oxygens (including phenoxy) is 4. The van der Waals surface area contributed by atoms with Crippen LogP contribution in [0, 0.1) is 24.7 Å². The summed E-state index contributed by atoms with van der Waals surface area (Å²) in [5.74, 6) is 4.93. The molecule has 0 amide bonds. The lowest BCUT2D eigenvalue weighted by Crippen LogP contribution is -2.49. The third-order valence-corrected chi connectivity index (χ3v) is 10.6. The number of nitrogens with two attached hydrogens (primary N) is 1. The van der Waals surface area contributed by atoms with Gasteiger partial charge >= 0.3 is 0 Å². The topological polar surface area (TPSA) is 169 Å². The molecule has 324 valence electrons. The number of nitrogens with zero attached hydrogens (tertiary/aromatic N) is 10. The van der Waals surface area contributed by atoms with E-state index in [4.69, 9.17) is 41.3 Å². The number of anilines is 5. The molecular weight excluding hydrogens is 796 g/mol. The van der Waals surface area contributed by atoms with E-state index in [-0.39, 0.29) is 28.2 Å². The van der Waals surface area contributed by atoms with Crippen molar-refractivity contribution in [2.75, 3.05) is 62.4 Å². The highest BCUT2D eigenvalue weighted by molar-refractivity contribution is 6.28. The summed E-state index contributed by atoms with van der Waals surface area (Å²) in [6.07, 6.45) is 10.8. The van der Waals surface area contributed by atoms with E-state index in [2.05, 4.69) is 88.6 Å². The zero-order valence-electron chi connectivity index (χ0n) is 37.1. The van der Waals surface area contributed by atoms with E-state index < -0.39 is 0 Å². The average molecular weight is 853 g/mol. The number of rotatable bonds is 6. The van der Waals surface area contributed by atoms with Crippen LogP contribution in [-0.4, -0.2) is 92.7 Å². The number of hydrogen-bond donors (Lipinski definition) is 2. The van der Waals surface area contributed by atoms with Crippen molar-refractivity contribution < 1.29 is 18.9 Å². The molecule has 0 saturated carbocycles. The Hall–Kier alpha value is -6.29. The Morgan fingerprint density at radius 1 is 0.705 bits per heavy atom. The fraction of sp³-hybridized carbons (Fsp3) is 0.409. The van der Waals surface area contributed by atoms with Crippen molar-refractivity contribution in [1.29, 1.82) is 0 Å². The molecule has 0 aliphatic carbocycles. The van der Waals surface area contributed by atoms with Gasteiger partial charge in [-0.25, -0.2) is 19.9 Å². The number of likely N-dealkylation sites (N-methyl/N-ethyl adjacent to an activating group) is 2. The number of fused-ring (bicyclic) bond motifs is 2. The van der Waals surface area contributed by atoms with Gasteiger partial charge in [-0.1, -0.05) is 41.5 Å². The van der Waals surface area contributed by atoms with E-state index in [9.17, 15) is 0 Å². The zero-order valence-corrected chi connectivity index (χ0v) is 37.8. The molecule has 4 aromatic heterocycles. The standard InChI is InChI=1S/C22H28N6O2.C11H16ClN3O.C11H13N3O/c1-14-11-28(13-24-14)16-8-7-15(9-17(16)29-6)25-21-23-10-18-20(26-21)27(5)19(12-30-18)22(2,3)4;1-11(2,3)8-6-16-7-5-13-10(12)14-9(7)15(8)4;1-8-6-14(7-13-8)10-4-3-9(12)5-11(10)15-2/h7-11,13,19H,12H2,1-6H3,(H,23,25,26);5,8H,6H2,1-4H3;3-7H,12H2,1-2H3/t19-;8-;/m11./s1. The minimum absolute atomic E-state index is 0.0693. The molecule has 2 aromatic carbocycles. The molecule has 16 nitrogen and oxygen atoms in total. The molecule has 0 saturated heterocycles. The molecule has 2 aliphatic heterocycles. The second-order valence-electron chi connectivity index (χ2n) is 17.1. The van der Waals surface area contributed by atoms with Gasteiger partial charge in [0.2, 0.25) is 11.2 Å². The van der Waals surface area contributed by atoms with Crippen molar-refractivity contribution in [2.45, 2.75) is 67.5 Å². The van der Waals surface area contributed by atoms with Crippen molar-refractivity contribution in [3.63, 3.8) is 0 Å². The SMILES string of the molecule is CN1c2nc(Cl)ncc2OC[C@@H]1C(C)(C)C.COc1cc(N)ccc1-n1cnc(C)c1.COc1cc(Nc2ncc3c(n2)N(C)[C@@H](C(C)(C)C)CO3)ccc1-n1cnc(C)c1. The highest BCUT2D eigenvalue weighted by Crippen LogP contribution is 2.38. The van der Waals surface area contributed by atoms with Crippen LogP contribution < -0.4 is 39.8 Å². The Kier molecular flexibility index (Phi) is 13.2. The van der Waals surface area contributed by atoms with Crippen LogP contribution in [0.5, 0.6) is 23.0 Å². The summed E-state index contributed by atoms with van der Waals surface area (Å²) in [6.45, 7) is 18.3. The molecule has 0 bridgehead atoms. The minimum atomic E-state index is 0.0693. The van der Waals surface area contributed by atoms with Gasteiger partial charge in [0.05, 0.1) is 74.1 Å². The first-order valence-corrected chi connectivity index (χ1v) is 20.3. The molecule has 0 unspecified atom stereocenters. The molecule has 0 spiro atoms. The fourth-order valence-corrected chi connectivity index (χ4v) is 7.23. The van der Waals surface area contributed by atoms with Gasteiger partial charge in [-0.05, 0) is 60.5 Å². The summed E-state index contributed by atoms with van der Waals surface area (Å²) in [5.41, 5.74) is 11.2. The number of aromatic nitrogens is 8. The van der Waals surface area contributed by atoms with Crippen LogP contribution in [0.25, 0.3) is 11.4 Å². The van der Waals surface area contributed by atoms with E-state index in [0.717, 1.165) is 51.6 Å². The minimum Gasteiger partial charge on any atom is -0.494 e. The summed E-state index contributed by atoms with van der Waals surface area (Å²) in [5, 5.41) is 3.53. The number of methoxy groups -OCH3 is 2. The predicted molar refractivity (Wildman–Crippen MR) is 241 cm³/mol. The number of aryl methyl sites for hydroxylation is 2. The number of nitrogen functional groups attached to an aromatic ring is 1. The number of nitrogens with one attached hydrogen (secondary N) is 1. The molecule has 3 N–H and O–H groups in total. The maximum Gasteiger partial charge on any atom is 0.229 e. The quantitative estimate of drug-likeness (QED) is 0.122. The van der Waals surface area contributed by atoms with Crippen LogP contribution >= 0.6 is 11.6 Å². The Bertz CT molecular complexity index is 2440. The van der Waals surface area contributed by atoms with E-state index in [0.29, 0.717) is 36.3 Å². The summed E-state index contributed by atoms with van der Waals surface area (Å²) < 4.78 is 26.3. The molecule has 0 fully saturated rings. The van der Waals surface area contributed by atoms with E-state index >= 15 is 0 Å². The van der Waals surface area contributed by atoms with Crippen molar-refractivity contribution in [1.82, 2.24) is 39.0 Å². The first-order valence-electron chi connectivity index (χ1n) is 19.9. The van der Waals surface area contributed by atoms with E-state index in [1.54, 1.807) is 45.3 Å². The first-order chi connectivity index (χ1) is 28.9. The van der Waals surface area contributed by atoms with Gasteiger partial charge in [0.1, 0.15) is 24.7 Å². The van der Waals surface area contributed by atoms with Gasteiger partial charge in [-0.15, -0.1) is 0 Å². The molecule has 0 radical (unpaired) electrons.